The number of pyridine rings is 1. The molecule has 0 aliphatic carbocycles. The Morgan fingerprint density at radius 3 is 2.50 bits per heavy atom. The van der Waals surface area contributed by atoms with E-state index in [0.29, 0.717) is 10.6 Å². The van der Waals surface area contributed by atoms with Gasteiger partial charge in [0.15, 0.2) is 0 Å². The van der Waals surface area contributed by atoms with Gasteiger partial charge in [0, 0.05) is 29.1 Å². The van der Waals surface area contributed by atoms with Crippen LogP contribution in [0.3, 0.4) is 0 Å². The zero-order valence-corrected chi connectivity index (χ0v) is 19.9. The molecule has 1 aliphatic heterocycles. The first-order chi connectivity index (χ1) is 16.0. The summed E-state index contributed by atoms with van der Waals surface area (Å²) in [6.07, 6.45) is 0.502. The van der Waals surface area contributed by atoms with Crippen LogP contribution in [0.5, 0.6) is 0 Å². The third-order valence-electron chi connectivity index (χ3n) is 5.34. The second-order valence-corrected chi connectivity index (χ2v) is 10.2. The summed E-state index contributed by atoms with van der Waals surface area (Å²) in [6.45, 7) is -0.642. The van der Waals surface area contributed by atoms with E-state index in [9.17, 15) is 32.8 Å². The number of nitrogens with one attached hydrogen (secondary N) is 1. The van der Waals surface area contributed by atoms with Crippen molar-refractivity contribution in [2.24, 2.45) is 5.92 Å². The van der Waals surface area contributed by atoms with Crippen molar-refractivity contribution in [3.8, 4) is 6.07 Å². The lowest BCUT2D eigenvalue weighted by atomic mass is 9.96. The molecule has 1 saturated heterocycles. The summed E-state index contributed by atoms with van der Waals surface area (Å²) in [6, 6.07) is 7.32. The van der Waals surface area contributed by atoms with Crippen LogP contribution in [0.4, 0.5) is 10.2 Å². The van der Waals surface area contributed by atoms with Gasteiger partial charge in [-0.3, -0.25) is 9.52 Å². The van der Waals surface area contributed by atoms with Crippen LogP contribution in [-0.2, 0) is 27.2 Å². The number of halogens is 3. The van der Waals surface area contributed by atoms with E-state index in [-0.39, 0.29) is 53.6 Å². The largest absolute Gasteiger partial charge is 0.478 e. The van der Waals surface area contributed by atoms with Crippen LogP contribution >= 0.6 is 23.2 Å². The Morgan fingerprint density at radius 2 is 1.94 bits per heavy atom. The highest BCUT2D eigenvalue weighted by atomic mass is 35.5. The van der Waals surface area contributed by atoms with Gasteiger partial charge in [-0.15, -0.1) is 0 Å². The minimum absolute atomic E-state index is 0.0278. The van der Waals surface area contributed by atoms with Gasteiger partial charge in [-0.1, -0.05) is 29.3 Å². The number of amides is 1. The number of nitrogens with zero attached hydrogens (tertiary/aromatic N) is 3. The van der Waals surface area contributed by atoms with Gasteiger partial charge >= 0.3 is 5.97 Å². The van der Waals surface area contributed by atoms with Gasteiger partial charge < -0.3 is 10.0 Å². The highest BCUT2D eigenvalue weighted by Crippen LogP contribution is 2.28. The lowest BCUT2D eigenvalue weighted by Crippen LogP contribution is -2.43. The number of carbonyl (C=O) groups excluding carboxylic acids is 1. The summed E-state index contributed by atoms with van der Waals surface area (Å²) < 4.78 is 40.3. The minimum atomic E-state index is -4.01. The molecule has 34 heavy (non-hydrogen) atoms. The van der Waals surface area contributed by atoms with Crippen molar-refractivity contribution in [2.75, 3.05) is 18.0 Å². The molecule has 2 heterocycles. The van der Waals surface area contributed by atoms with Crippen LogP contribution in [0.2, 0.25) is 10.0 Å². The number of alkyl halides is 1. The number of carboxylic acids is 1. The van der Waals surface area contributed by atoms with Crippen LogP contribution in [0.15, 0.2) is 24.3 Å². The van der Waals surface area contributed by atoms with E-state index in [1.807, 2.05) is 6.07 Å². The third-order valence-corrected chi connectivity index (χ3v) is 7.13. The summed E-state index contributed by atoms with van der Waals surface area (Å²) in [4.78, 5) is 29.5. The zero-order valence-electron chi connectivity index (χ0n) is 17.6. The van der Waals surface area contributed by atoms with Crippen molar-refractivity contribution < 1.29 is 27.5 Å². The van der Waals surface area contributed by atoms with Crippen molar-refractivity contribution in [1.29, 1.82) is 5.26 Å². The molecule has 1 aromatic carbocycles. The summed E-state index contributed by atoms with van der Waals surface area (Å²) in [5.74, 6) is -3.03. The molecule has 180 valence electrons. The maximum atomic E-state index is 13.3. The molecule has 0 atom stereocenters. The lowest BCUT2D eigenvalue weighted by Gasteiger charge is -2.32. The summed E-state index contributed by atoms with van der Waals surface area (Å²) in [7, 11) is -4.01. The smallest absolute Gasteiger partial charge is 0.337 e. The van der Waals surface area contributed by atoms with Crippen LogP contribution in [0.1, 0.15) is 40.0 Å². The van der Waals surface area contributed by atoms with E-state index in [1.54, 1.807) is 4.90 Å². The predicted octanol–water partition coefficient (Wildman–Crippen LogP) is 3.29. The van der Waals surface area contributed by atoms with Gasteiger partial charge in [-0.25, -0.2) is 22.6 Å². The van der Waals surface area contributed by atoms with E-state index < -0.39 is 40.2 Å². The van der Waals surface area contributed by atoms with Crippen LogP contribution in [-0.4, -0.2) is 43.5 Å². The highest BCUT2D eigenvalue weighted by molar-refractivity contribution is 7.89. The Labute approximate surface area is 205 Å². The average molecular weight is 529 g/mol. The number of aromatic nitrogens is 1. The fourth-order valence-electron chi connectivity index (χ4n) is 3.62. The Kier molecular flexibility index (Phi) is 7.97. The van der Waals surface area contributed by atoms with Gasteiger partial charge in [0.2, 0.25) is 15.9 Å². The molecule has 1 aromatic heterocycles. The Hall–Kier alpha value is -2.94. The number of nitriles is 1. The first-order valence-corrected chi connectivity index (χ1v) is 12.4. The van der Waals surface area contributed by atoms with Crippen LogP contribution in [0, 0.1) is 17.2 Å². The van der Waals surface area contributed by atoms with Crippen LogP contribution < -0.4 is 9.62 Å². The number of carboxylic acid groups (broad SMARTS) is 1. The predicted molar refractivity (Wildman–Crippen MR) is 123 cm³/mol. The summed E-state index contributed by atoms with van der Waals surface area (Å²) in [5, 5.41) is 19.1. The van der Waals surface area contributed by atoms with Crippen molar-refractivity contribution in [3.63, 3.8) is 0 Å². The molecule has 0 unspecified atom stereocenters. The average Bonchev–Trinajstić information content (AvgIpc) is 2.79. The molecule has 0 saturated carbocycles. The van der Waals surface area contributed by atoms with Crippen LogP contribution in [0.25, 0.3) is 0 Å². The number of sulfonamides is 1. The highest BCUT2D eigenvalue weighted by Gasteiger charge is 2.30. The number of benzene rings is 1. The molecule has 3 rings (SSSR count). The van der Waals surface area contributed by atoms with Crippen molar-refractivity contribution in [3.05, 3.63) is 56.7 Å². The van der Waals surface area contributed by atoms with E-state index in [0.717, 1.165) is 6.07 Å². The van der Waals surface area contributed by atoms with Gasteiger partial charge in [0.05, 0.1) is 22.6 Å². The topological polar surface area (TPSA) is 140 Å². The van der Waals surface area contributed by atoms with Gasteiger partial charge in [-0.05, 0) is 36.6 Å². The number of piperidine rings is 1. The van der Waals surface area contributed by atoms with E-state index in [4.69, 9.17) is 23.2 Å². The fraction of sp³-hybridized carbons (Fsp3) is 0.333. The number of rotatable bonds is 7. The summed E-state index contributed by atoms with van der Waals surface area (Å²) >= 11 is 11.8. The standard InChI is InChI=1S/C21H19Cl2FN4O5S/c22-15-2-1-13(17(23)8-15)11-34(32,33)27-20(29)12-3-5-28(6-4-12)19-14(10-25)7-16(21(30)31)18(9-24)26-19/h1-2,7-8,12H,3-6,9,11H2,(H,27,29)(H,30,31). The molecule has 1 amide bonds. The monoisotopic (exact) mass is 528 g/mol. The van der Waals surface area contributed by atoms with Gasteiger partial charge in [0.1, 0.15) is 18.6 Å². The molecule has 9 nitrogen and oxygen atoms in total. The molecule has 1 fully saturated rings. The fourth-order valence-corrected chi connectivity index (χ4v) is 5.38. The number of hydrogen-bond donors (Lipinski definition) is 2. The normalized spacial score (nSPS) is 14.5. The second-order valence-electron chi connectivity index (χ2n) is 7.63. The maximum Gasteiger partial charge on any atom is 0.337 e. The zero-order chi connectivity index (χ0) is 25.0. The van der Waals surface area contributed by atoms with Crippen molar-refractivity contribution >= 4 is 50.9 Å². The molecule has 0 radical (unpaired) electrons. The first-order valence-electron chi connectivity index (χ1n) is 10.0. The number of hydrogen-bond acceptors (Lipinski definition) is 7. The first kappa shape index (κ1) is 25.7. The van der Waals surface area contributed by atoms with Crippen molar-refractivity contribution in [2.45, 2.75) is 25.3 Å². The molecule has 0 bridgehead atoms. The Balaban J connectivity index is 1.67. The molecule has 13 heteroatoms. The van der Waals surface area contributed by atoms with E-state index in [1.165, 1.54) is 18.2 Å². The number of carbonyl (C=O) groups is 2. The molecule has 0 spiro atoms. The Morgan fingerprint density at radius 1 is 1.26 bits per heavy atom. The molecular formula is C21H19Cl2FN4O5S. The van der Waals surface area contributed by atoms with E-state index >= 15 is 0 Å². The number of anilines is 1. The van der Waals surface area contributed by atoms with E-state index in [2.05, 4.69) is 9.71 Å². The lowest BCUT2D eigenvalue weighted by molar-refractivity contribution is -0.123. The molecule has 1 aliphatic rings. The quantitative estimate of drug-likeness (QED) is 0.557. The van der Waals surface area contributed by atoms with Gasteiger partial charge in [0.25, 0.3) is 0 Å². The third kappa shape index (κ3) is 5.94. The summed E-state index contributed by atoms with van der Waals surface area (Å²) in [5.41, 5.74) is -0.416. The van der Waals surface area contributed by atoms with Crippen molar-refractivity contribution in [1.82, 2.24) is 9.71 Å². The second kappa shape index (κ2) is 10.5. The van der Waals surface area contributed by atoms with Gasteiger partial charge in [-0.2, -0.15) is 5.26 Å². The molecular weight excluding hydrogens is 510 g/mol. The Bertz CT molecular complexity index is 1270. The molecule has 2 N–H and O–H groups in total. The minimum Gasteiger partial charge on any atom is -0.478 e. The maximum absolute atomic E-state index is 13.3. The SMILES string of the molecule is N#Cc1cc(C(=O)O)c(CF)nc1N1CCC(C(=O)NS(=O)(=O)Cc2ccc(Cl)cc2Cl)CC1. The number of aromatic carboxylic acids is 1. The molecule has 2 aromatic rings.